The average Bonchev–Trinajstić information content (AvgIpc) is 2.53. The molecule has 0 spiro atoms. The Morgan fingerprint density at radius 3 is 2.54 bits per heavy atom. The fraction of sp³-hybridized carbons (Fsp3) is 0.294. The molecule has 0 saturated carbocycles. The Morgan fingerprint density at radius 2 is 1.92 bits per heavy atom. The first-order valence-electron chi connectivity index (χ1n) is 7.53. The van der Waals surface area contributed by atoms with Crippen LogP contribution in [0.25, 0.3) is 0 Å². The van der Waals surface area contributed by atoms with E-state index in [0.29, 0.717) is 12.8 Å². The van der Waals surface area contributed by atoms with Crippen molar-refractivity contribution < 1.29 is 18.3 Å². The van der Waals surface area contributed by atoms with Gasteiger partial charge in [0.05, 0.1) is 0 Å². The second kappa shape index (κ2) is 7.92. The SMILES string of the molecule is CS(=O)(=O)c1cccnc1NC(CCC(=O)O)Cc1ccccc1. The van der Waals surface area contributed by atoms with Gasteiger partial charge in [0.15, 0.2) is 9.84 Å². The van der Waals surface area contributed by atoms with Gasteiger partial charge in [0.2, 0.25) is 0 Å². The third-order valence-electron chi connectivity index (χ3n) is 3.54. The van der Waals surface area contributed by atoms with Gasteiger partial charge in [-0.05, 0) is 30.5 Å². The number of sulfone groups is 1. The third-order valence-corrected chi connectivity index (χ3v) is 4.67. The fourth-order valence-corrected chi connectivity index (χ4v) is 3.20. The number of rotatable bonds is 8. The molecule has 128 valence electrons. The number of carboxylic acids is 1. The van der Waals surface area contributed by atoms with Crippen LogP contribution >= 0.6 is 0 Å². The van der Waals surface area contributed by atoms with Crippen molar-refractivity contribution in [2.45, 2.75) is 30.2 Å². The van der Waals surface area contributed by atoms with Crippen molar-refractivity contribution in [3.05, 3.63) is 54.2 Å². The molecule has 0 fully saturated rings. The minimum absolute atomic E-state index is 0.00839. The van der Waals surface area contributed by atoms with Crippen molar-refractivity contribution in [2.75, 3.05) is 11.6 Å². The van der Waals surface area contributed by atoms with Crippen molar-refractivity contribution in [1.29, 1.82) is 0 Å². The lowest BCUT2D eigenvalue weighted by Crippen LogP contribution is -2.25. The Kier molecular flexibility index (Phi) is 5.92. The zero-order valence-corrected chi connectivity index (χ0v) is 14.2. The summed E-state index contributed by atoms with van der Waals surface area (Å²) in [5.74, 6) is -0.634. The molecule has 1 aromatic carbocycles. The third kappa shape index (κ3) is 5.34. The summed E-state index contributed by atoms with van der Waals surface area (Å²) in [7, 11) is -3.42. The quantitative estimate of drug-likeness (QED) is 0.760. The Bertz CT molecular complexity index is 791. The van der Waals surface area contributed by atoms with Crippen LogP contribution in [0.1, 0.15) is 18.4 Å². The van der Waals surface area contributed by atoms with Gasteiger partial charge in [0.25, 0.3) is 0 Å². The van der Waals surface area contributed by atoms with Gasteiger partial charge in [-0.15, -0.1) is 0 Å². The van der Waals surface area contributed by atoms with Gasteiger partial charge in [-0.2, -0.15) is 0 Å². The molecule has 0 aliphatic carbocycles. The molecule has 2 N–H and O–H groups in total. The van der Waals surface area contributed by atoms with Crippen LogP contribution in [-0.4, -0.2) is 36.8 Å². The van der Waals surface area contributed by atoms with E-state index in [2.05, 4.69) is 10.3 Å². The second-order valence-electron chi connectivity index (χ2n) is 5.59. The van der Waals surface area contributed by atoms with Crippen LogP contribution in [0.3, 0.4) is 0 Å². The molecule has 1 heterocycles. The topological polar surface area (TPSA) is 96.4 Å². The summed E-state index contributed by atoms with van der Waals surface area (Å²) in [6, 6.07) is 12.4. The molecular formula is C17H20N2O4S. The van der Waals surface area contributed by atoms with E-state index in [1.54, 1.807) is 6.07 Å². The smallest absolute Gasteiger partial charge is 0.303 e. The Morgan fingerprint density at radius 1 is 1.21 bits per heavy atom. The molecule has 0 saturated heterocycles. The number of hydrogen-bond donors (Lipinski definition) is 2. The highest BCUT2D eigenvalue weighted by molar-refractivity contribution is 7.90. The van der Waals surface area contributed by atoms with Gasteiger partial charge in [-0.25, -0.2) is 13.4 Å². The Labute approximate surface area is 141 Å². The highest BCUT2D eigenvalue weighted by atomic mass is 32.2. The number of nitrogens with zero attached hydrogens (tertiary/aromatic N) is 1. The van der Waals surface area contributed by atoms with Gasteiger partial charge >= 0.3 is 5.97 Å². The lowest BCUT2D eigenvalue weighted by atomic mass is 10.0. The van der Waals surface area contributed by atoms with Gasteiger partial charge in [-0.3, -0.25) is 4.79 Å². The summed E-state index contributed by atoms with van der Waals surface area (Å²) in [4.78, 5) is 15.1. The normalized spacial score (nSPS) is 12.5. The summed E-state index contributed by atoms with van der Waals surface area (Å²) < 4.78 is 23.8. The average molecular weight is 348 g/mol. The van der Waals surface area contributed by atoms with E-state index in [9.17, 15) is 13.2 Å². The summed E-state index contributed by atoms with van der Waals surface area (Å²) in [6.45, 7) is 0. The fourth-order valence-electron chi connectivity index (χ4n) is 2.41. The second-order valence-corrected chi connectivity index (χ2v) is 7.57. The number of benzene rings is 1. The predicted molar refractivity (Wildman–Crippen MR) is 91.8 cm³/mol. The maximum atomic E-state index is 11.9. The Balaban J connectivity index is 2.23. The zero-order chi connectivity index (χ0) is 17.6. The minimum Gasteiger partial charge on any atom is -0.481 e. The molecule has 24 heavy (non-hydrogen) atoms. The number of aliphatic carboxylic acids is 1. The van der Waals surface area contributed by atoms with Crippen molar-refractivity contribution in [3.8, 4) is 0 Å². The largest absolute Gasteiger partial charge is 0.481 e. The lowest BCUT2D eigenvalue weighted by molar-refractivity contribution is -0.137. The zero-order valence-electron chi connectivity index (χ0n) is 13.3. The van der Waals surface area contributed by atoms with Crippen molar-refractivity contribution in [2.24, 2.45) is 0 Å². The summed E-state index contributed by atoms with van der Waals surface area (Å²) in [6.07, 6.45) is 3.57. The van der Waals surface area contributed by atoms with Crippen LogP contribution in [0.2, 0.25) is 0 Å². The monoisotopic (exact) mass is 348 g/mol. The molecule has 1 aromatic heterocycles. The molecule has 2 rings (SSSR count). The molecule has 0 aliphatic rings. The van der Waals surface area contributed by atoms with Crippen LogP contribution < -0.4 is 5.32 Å². The molecule has 1 atom stereocenters. The van der Waals surface area contributed by atoms with E-state index in [1.165, 1.54) is 12.3 Å². The first kappa shape index (κ1) is 17.9. The number of carbonyl (C=O) groups is 1. The highest BCUT2D eigenvalue weighted by Crippen LogP contribution is 2.21. The van der Waals surface area contributed by atoms with E-state index in [1.807, 2.05) is 30.3 Å². The van der Waals surface area contributed by atoms with Crippen LogP contribution in [0.5, 0.6) is 0 Å². The van der Waals surface area contributed by atoms with Crippen LogP contribution in [0.15, 0.2) is 53.6 Å². The summed E-state index contributed by atoms with van der Waals surface area (Å²) in [5.41, 5.74) is 1.04. The maximum Gasteiger partial charge on any atom is 0.303 e. The molecule has 0 bridgehead atoms. The summed E-state index contributed by atoms with van der Waals surface area (Å²) >= 11 is 0. The molecule has 0 aliphatic heterocycles. The lowest BCUT2D eigenvalue weighted by Gasteiger charge is -2.20. The molecule has 2 aromatic rings. The van der Waals surface area contributed by atoms with E-state index >= 15 is 0 Å². The van der Waals surface area contributed by atoms with E-state index in [-0.39, 0.29) is 23.2 Å². The predicted octanol–water partition coefficient (Wildman–Crippen LogP) is 2.37. The van der Waals surface area contributed by atoms with Crippen molar-refractivity contribution >= 4 is 21.6 Å². The molecule has 1 unspecified atom stereocenters. The number of hydrogen-bond acceptors (Lipinski definition) is 5. The molecular weight excluding hydrogens is 328 g/mol. The molecule has 0 amide bonds. The van der Waals surface area contributed by atoms with Crippen LogP contribution in [0.4, 0.5) is 5.82 Å². The first-order chi connectivity index (χ1) is 11.4. The number of pyridine rings is 1. The maximum absolute atomic E-state index is 11.9. The van der Waals surface area contributed by atoms with Crippen LogP contribution in [0, 0.1) is 0 Å². The van der Waals surface area contributed by atoms with Crippen molar-refractivity contribution in [3.63, 3.8) is 0 Å². The number of carboxylic acid groups (broad SMARTS) is 1. The number of aromatic nitrogens is 1. The van der Waals surface area contributed by atoms with Crippen molar-refractivity contribution in [1.82, 2.24) is 4.98 Å². The van der Waals surface area contributed by atoms with E-state index in [4.69, 9.17) is 5.11 Å². The van der Waals surface area contributed by atoms with Crippen LogP contribution in [-0.2, 0) is 21.1 Å². The first-order valence-corrected chi connectivity index (χ1v) is 9.42. The number of nitrogens with one attached hydrogen (secondary N) is 1. The molecule has 7 heteroatoms. The van der Waals surface area contributed by atoms with E-state index in [0.717, 1.165) is 11.8 Å². The minimum atomic E-state index is -3.42. The van der Waals surface area contributed by atoms with E-state index < -0.39 is 15.8 Å². The molecule has 6 nitrogen and oxygen atoms in total. The van der Waals surface area contributed by atoms with Gasteiger partial charge in [0.1, 0.15) is 10.7 Å². The summed E-state index contributed by atoms with van der Waals surface area (Å²) in [5, 5.41) is 12.0. The van der Waals surface area contributed by atoms with Gasteiger partial charge in [0, 0.05) is 24.9 Å². The molecule has 0 radical (unpaired) electrons. The van der Waals surface area contributed by atoms with Gasteiger partial charge in [-0.1, -0.05) is 30.3 Å². The number of anilines is 1. The standard InChI is InChI=1S/C17H20N2O4S/c1-24(22,23)15-8-5-11-18-17(15)19-14(9-10-16(20)21)12-13-6-3-2-4-7-13/h2-8,11,14H,9-10,12H2,1H3,(H,18,19)(H,20,21). The Hall–Kier alpha value is -2.41. The highest BCUT2D eigenvalue weighted by Gasteiger charge is 2.18. The van der Waals surface area contributed by atoms with Gasteiger partial charge < -0.3 is 10.4 Å².